The fraction of sp³-hybridized carbons (Fsp3) is 0.455. The number of rotatable bonds is 3. The summed E-state index contributed by atoms with van der Waals surface area (Å²) in [5.41, 5.74) is 1.33. The van der Waals surface area contributed by atoms with Crippen LogP contribution in [0.5, 0.6) is 0 Å². The summed E-state index contributed by atoms with van der Waals surface area (Å²) < 4.78 is 1.13. The average Bonchev–Trinajstić information content (AvgIpc) is 2.04. The minimum Gasteiger partial charge on any atom is -0.308 e. The summed E-state index contributed by atoms with van der Waals surface area (Å²) >= 11 is 3.42. The molecule has 1 nitrogen and oxygen atoms in total. The Kier molecular flexibility index (Phi) is 3.94. The molecule has 0 aromatic heterocycles. The van der Waals surface area contributed by atoms with E-state index in [1.54, 1.807) is 0 Å². The summed E-state index contributed by atoms with van der Waals surface area (Å²) in [5.74, 6) is 0. The molecule has 1 aromatic rings. The number of halogens is 1. The summed E-state index contributed by atoms with van der Waals surface area (Å²) in [4.78, 5) is 0. The van der Waals surface area contributed by atoms with E-state index in [0.29, 0.717) is 12.1 Å². The summed E-state index contributed by atoms with van der Waals surface area (Å²) in [7, 11) is 0. The van der Waals surface area contributed by atoms with Crippen LogP contribution in [0.3, 0.4) is 0 Å². The van der Waals surface area contributed by atoms with Crippen molar-refractivity contribution in [2.75, 3.05) is 0 Å². The Balaban J connectivity index is 2.66. The number of benzene rings is 1. The predicted octanol–water partition coefficient (Wildman–Crippen LogP) is 3.51. The lowest BCUT2D eigenvalue weighted by atomic mass is 10.1. The number of hydrogen-bond donors (Lipinski definition) is 1. The number of nitrogens with one attached hydrogen (secondary N) is 1. The highest BCUT2D eigenvalue weighted by atomic mass is 79.9. The first-order chi connectivity index (χ1) is 6.09. The van der Waals surface area contributed by atoms with E-state index >= 15 is 0 Å². The highest BCUT2D eigenvalue weighted by Gasteiger charge is 2.05. The van der Waals surface area contributed by atoms with Crippen molar-refractivity contribution in [3.63, 3.8) is 0 Å². The van der Waals surface area contributed by atoms with Crippen molar-refractivity contribution >= 4 is 15.9 Å². The molecule has 0 bridgehead atoms. The van der Waals surface area contributed by atoms with Gasteiger partial charge in [-0.05, 0) is 24.6 Å². The molecule has 0 heterocycles. The molecule has 1 N–H and O–H groups in total. The van der Waals surface area contributed by atoms with E-state index in [1.165, 1.54) is 5.56 Å². The van der Waals surface area contributed by atoms with E-state index in [-0.39, 0.29) is 0 Å². The van der Waals surface area contributed by atoms with E-state index in [9.17, 15) is 0 Å². The van der Waals surface area contributed by atoms with Crippen LogP contribution < -0.4 is 5.32 Å². The van der Waals surface area contributed by atoms with Gasteiger partial charge in [-0.3, -0.25) is 0 Å². The molecule has 0 saturated heterocycles. The first-order valence-electron chi connectivity index (χ1n) is 4.61. The third-order valence-electron chi connectivity index (χ3n) is 1.95. The van der Waals surface area contributed by atoms with Crippen LogP contribution in [-0.2, 0) is 0 Å². The van der Waals surface area contributed by atoms with Gasteiger partial charge < -0.3 is 5.32 Å². The van der Waals surface area contributed by atoms with Crippen molar-refractivity contribution in [2.45, 2.75) is 32.9 Å². The molecule has 0 fully saturated rings. The van der Waals surface area contributed by atoms with Gasteiger partial charge in [0, 0.05) is 16.6 Å². The largest absolute Gasteiger partial charge is 0.308 e. The lowest BCUT2D eigenvalue weighted by molar-refractivity contribution is 0.506. The van der Waals surface area contributed by atoms with Crippen LogP contribution in [-0.4, -0.2) is 6.04 Å². The van der Waals surface area contributed by atoms with Gasteiger partial charge in [-0.2, -0.15) is 0 Å². The van der Waals surface area contributed by atoms with Gasteiger partial charge in [0.15, 0.2) is 0 Å². The molecule has 1 rings (SSSR count). The second-order valence-corrected chi connectivity index (χ2v) is 4.51. The minimum absolute atomic E-state index is 0.424. The van der Waals surface area contributed by atoms with Crippen molar-refractivity contribution in [3.05, 3.63) is 34.3 Å². The summed E-state index contributed by atoms with van der Waals surface area (Å²) in [5, 5.41) is 3.46. The second-order valence-electron chi connectivity index (χ2n) is 3.59. The Labute approximate surface area is 88.7 Å². The molecular formula is C11H16BrN. The third kappa shape index (κ3) is 3.49. The van der Waals surface area contributed by atoms with Gasteiger partial charge in [0.05, 0.1) is 0 Å². The minimum atomic E-state index is 0.424. The monoisotopic (exact) mass is 241 g/mol. The van der Waals surface area contributed by atoms with Gasteiger partial charge in [0.1, 0.15) is 0 Å². The Morgan fingerprint density at radius 3 is 2.08 bits per heavy atom. The maximum absolute atomic E-state index is 3.46. The molecular weight excluding hydrogens is 226 g/mol. The van der Waals surface area contributed by atoms with Crippen LogP contribution >= 0.6 is 15.9 Å². The van der Waals surface area contributed by atoms with E-state index in [0.717, 1.165) is 4.47 Å². The Morgan fingerprint density at radius 1 is 1.08 bits per heavy atom. The van der Waals surface area contributed by atoms with E-state index in [1.807, 2.05) is 0 Å². The van der Waals surface area contributed by atoms with Crippen molar-refractivity contribution < 1.29 is 0 Å². The summed E-state index contributed by atoms with van der Waals surface area (Å²) in [6.07, 6.45) is 0. The SMILES string of the molecule is CC(C)NC(C)c1ccc(Br)cc1. The van der Waals surface area contributed by atoms with Crippen molar-refractivity contribution in [1.82, 2.24) is 5.32 Å². The molecule has 0 spiro atoms. The van der Waals surface area contributed by atoms with Crippen molar-refractivity contribution in [3.8, 4) is 0 Å². The van der Waals surface area contributed by atoms with Crippen molar-refractivity contribution in [1.29, 1.82) is 0 Å². The topological polar surface area (TPSA) is 12.0 Å². The average molecular weight is 242 g/mol. The Morgan fingerprint density at radius 2 is 1.62 bits per heavy atom. The summed E-state index contributed by atoms with van der Waals surface area (Å²) in [6.45, 7) is 6.51. The van der Waals surface area contributed by atoms with Gasteiger partial charge in [-0.25, -0.2) is 0 Å². The van der Waals surface area contributed by atoms with E-state index in [4.69, 9.17) is 0 Å². The fourth-order valence-electron chi connectivity index (χ4n) is 1.35. The van der Waals surface area contributed by atoms with E-state index in [2.05, 4.69) is 66.3 Å². The van der Waals surface area contributed by atoms with Crippen LogP contribution in [0.15, 0.2) is 28.7 Å². The lowest BCUT2D eigenvalue weighted by Gasteiger charge is -2.17. The molecule has 72 valence electrons. The van der Waals surface area contributed by atoms with Crippen LogP contribution in [0.4, 0.5) is 0 Å². The highest BCUT2D eigenvalue weighted by molar-refractivity contribution is 9.10. The first kappa shape index (κ1) is 10.7. The van der Waals surface area contributed by atoms with Crippen LogP contribution in [0, 0.1) is 0 Å². The lowest BCUT2D eigenvalue weighted by Crippen LogP contribution is -2.25. The molecule has 0 aliphatic carbocycles. The zero-order valence-corrected chi connectivity index (χ0v) is 9.93. The molecule has 1 unspecified atom stereocenters. The molecule has 0 saturated carbocycles. The fourth-order valence-corrected chi connectivity index (χ4v) is 1.61. The molecule has 1 aromatic carbocycles. The Bertz CT molecular complexity index is 253. The normalized spacial score (nSPS) is 13.3. The van der Waals surface area contributed by atoms with Gasteiger partial charge in [-0.1, -0.05) is 41.9 Å². The maximum Gasteiger partial charge on any atom is 0.0294 e. The molecule has 2 heteroatoms. The molecule has 13 heavy (non-hydrogen) atoms. The molecule has 1 atom stereocenters. The standard InChI is InChI=1S/C11H16BrN/c1-8(2)13-9(3)10-4-6-11(12)7-5-10/h4-9,13H,1-3H3. The molecule has 0 aliphatic rings. The van der Waals surface area contributed by atoms with Crippen LogP contribution in [0.25, 0.3) is 0 Å². The van der Waals surface area contributed by atoms with Crippen molar-refractivity contribution in [2.24, 2.45) is 0 Å². The smallest absolute Gasteiger partial charge is 0.0294 e. The zero-order valence-electron chi connectivity index (χ0n) is 8.34. The molecule has 0 radical (unpaired) electrons. The highest BCUT2D eigenvalue weighted by Crippen LogP contribution is 2.16. The van der Waals surface area contributed by atoms with Gasteiger partial charge in [0.25, 0.3) is 0 Å². The quantitative estimate of drug-likeness (QED) is 0.855. The predicted molar refractivity (Wildman–Crippen MR) is 60.8 cm³/mol. The van der Waals surface area contributed by atoms with Crippen LogP contribution in [0.1, 0.15) is 32.4 Å². The van der Waals surface area contributed by atoms with Gasteiger partial charge in [0.2, 0.25) is 0 Å². The Hall–Kier alpha value is -0.340. The maximum atomic E-state index is 3.46. The zero-order chi connectivity index (χ0) is 9.84. The molecule has 0 aliphatic heterocycles. The third-order valence-corrected chi connectivity index (χ3v) is 2.48. The number of hydrogen-bond acceptors (Lipinski definition) is 1. The first-order valence-corrected chi connectivity index (χ1v) is 5.40. The van der Waals surface area contributed by atoms with Crippen LogP contribution in [0.2, 0.25) is 0 Å². The van der Waals surface area contributed by atoms with Gasteiger partial charge >= 0.3 is 0 Å². The second kappa shape index (κ2) is 4.77. The van der Waals surface area contributed by atoms with Gasteiger partial charge in [-0.15, -0.1) is 0 Å². The van der Waals surface area contributed by atoms with E-state index < -0.39 is 0 Å². The summed E-state index contributed by atoms with van der Waals surface area (Å²) in [6, 6.07) is 9.39. The molecule has 0 amide bonds.